The van der Waals surface area contributed by atoms with E-state index in [2.05, 4.69) is 20.8 Å². The number of fused-ring (bicyclic) bond motifs is 5. The Morgan fingerprint density at radius 1 is 1.12 bits per heavy atom. The molecular weight excluding hydrogens is 424 g/mol. The number of ether oxygens (including phenoxy) is 3. The van der Waals surface area contributed by atoms with E-state index < -0.39 is 41.6 Å². The fourth-order valence-electron chi connectivity index (χ4n) is 8.32. The molecular formula is C26H38O7. The first-order valence-corrected chi connectivity index (χ1v) is 12.5. The Balaban J connectivity index is 1.86. The van der Waals surface area contributed by atoms with Crippen LogP contribution in [0.1, 0.15) is 86.0 Å². The van der Waals surface area contributed by atoms with E-state index in [4.69, 9.17) is 14.2 Å². The van der Waals surface area contributed by atoms with Crippen LogP contribution in [0.2, 0.25) is 0 Å². The van der Waals surface area contributed by atoms with Crippen LogP contribution in [0, 0.1) is 39.9 Å². The van der Waals surface area contributed by atoms with Crippen LogP contribution in [0.25, 0.3) is 0 Å². The second kappa shape index (κ2) is 8.38. The first-order chi connectivity index (χ1) is 15.5. The van der Waals surface area contributed by atoms with Gasteiger partial charge in [-0.3, -0.25) is 14.4 Å². The summed E-state index contributed by atoms with van der Waals surface area (Å²) in [5, 5.41) is 0. The monoisotopic (exact) mass is 462 g/mol. The number of carbonyl (C=O) groups excluding carboxylic acids is 4. The molecule has 33 heavy (non-hydrogen) atoms. The van der Waals surface area contributed by atoms with Gasteiger partial charge in [-0.25, -0.2) is 0 Å². The van der Waals surface area contributed by atoms with Crippen molar-refractivity contribution in [3.8, 4) is 0 Å². The molecule has 0 aromatic carbocycles. The molecule has 0 spiro atoms. The molecule has 0 bridgehead atoms. The second-order valence-electron chi connectivity index (χ2n) is 11.7. The Kier molecular flexibility index (Phi) is 6.15. The van der Waals surface area contributed by atoms with Crippen LogP contribution in [-0.2, 0) is 33.4 Å². The SMILES string of the molecule is CCCC(=O)O[C@@H]1CC2C(C)(C)CCC[C@]2(C)[C@H]2CC[C@H]3C(=O)O[C@H](OC(C)=O)[C@H]3[C@]12C=O. The quantitative estimate of drug-likeness (QED) is 0.446. The number of rotatable bonds is 5. The lowest BCUT2D eigenvalue weighted by Crippen LogP contribution is -2.68. The number of carbonyl (C=O) groups is 4. The van der Waals surface area contributed by atoms with Gasteiger partial charge in [-0.15, -0.1) is 0 Å². The van der Waals surface area contributed by atoms with E-state index in [0.29, 0.717) is 25.7 Å². The van der Waals surface area contributed by atoms with Crippen LogP contribution in [0.4, 0.5) is 0 Å². The third-order valence-corrected chi connectivity index (χ3v) is 9.50. The maximum absolute atomic E-state index is 13.2. The molecule has 0 aromatic rings. The van der Waals surface area contributed by atoms with Gasteiger partial charge < -0.3 is 19.0 Å². The van der Waals surface area contributed by atoms with Gasteiger partial charge in [0.25, 0.3) is 6.29 Å². The van der Waals surface area contributed by atoms with Crippen molar-refractivity contribution in [2.75, 3.05) is 0 Å². The molecule has 7 heteroatoms. The summed E-state index contributed by atoms with van der Waals surface area (Å²) in [6.07, 6.45) is 5.05. The average Bonchev–Trinajstić information content (AvgIpc) is 3.04. The maximum Gasteiger partial charge on any atom is 0.312 e. The first kappa shape index (κ1) is 24.2. The maximum atomic E-state index is 13.2. The highest BCUT2D eigenvalue weighted by atomic mass is 16.7. The molecule has 184 valence electrons. The van der Waals surface area contributed by atoms with Gasteiger partial charge in [0, 0.05) is 13.3 Å². The lowest BCUT2D eigenvalue weighted by molar-refractivity contribution is -0.246. The van der Waals surface area contributed by atoms with Crippen molar-refractivity contribution in [1.29, 1.82) is 0 Å². The van der Waals surface area contributed by atoms with E-state index in [9.17, 15) is 19.2 Å². The van der Waals surface area contributed by atoms with Gasteiger partial charge in [0.2, 0.25) is 0 Å². The van der Waals surface area contributed by atoms with E-state index in [1.165, 1.54) is 6.92 Å². The van der Waals surface area contributed by atoms with E-state index in [1.54, 1.807) is 0 Å². The number of aldehydes is 1. The van der Waals surface area contributed by atoms with Crippen LogP contribution in [-0.4, -0.2) is 36.6 Å². The fraction of sp³-hybridized carbons (Fsp3) is 0.846. The smallest absolute Gasteiger partial charge is 0.312 e. The molecule has 0 aromatic heterocycles. The topological polar surface area (TPSA) is 96.0 Å². The zero-order chi connectivity index (χ0) is 24.2. The molecule has 4 fully saturated rings. The van der Waals surface area contributed by atoms with E-state index >= 15 is 0 Å². The minimum Gasteiger partial charge on any atom is -0.461 e. The molecule has 8 atom stereocenters. The van der Waals surface area contributed by atoms with Crippen molar-refractivity contribution in [3.63, 3.8) is 0 Å². The average molecular weight is 463 g/mol. The van der Waals surface area contributed by atoms with Crippen molar-refractivity contribution in [2.24, 2.45) is 39.9 Å². The minimum absolute atomic E-state index is 0.0472. The second-order valence-corrected chi connectivity index (χ2v) is 11.7. The van der Waals surface area contributed by atoms with Crippen molar-refractivity contribution < 1.29 is 33.4 Å². The molecule has 1 unspecified atom stereocenters. The van der Waals surface area contributed by atoms with Crippen LogP contribution < -0.4 is 0 Å². The summed E-state index contributed by atoms with van der Waals surface area (Å²) >= 11 is 0. The van der Waals surface area contributed by atoms with Crippen LogP contribution in [0.3, 0.4) is 0 Å². The van der Waals surface area contributed by atoms with Gasteiger partial charge in [0.15, 0.2) is 0 Å². The standard InChI is InChI=1S/C26H38O7/c1-6-8-20(29)32-19-13-18-24(3,4)11-7-12-25(18,5)17-10-9-16-21(26(17,19)14-27)23(31-15(2)28)33-22(16)30/h14,16-19,21,23H,6-13H2,1-5H3/t16-,17-,18?,19-,21+,23+,25-,26+/m1/s1. The van der Waals surface area contributed by atoms with E-state index in [1.807, 2.05) is 6.92 Å². The lowest BCUT2D eigenvalue weighted by Gasteiger charge is -2.66. The lowest BCUT2D eigenvalue weighted by atomic mass is 9.38. The van der Waals surface area contributed by atoms with Gasteiger partial charge in [0.1, 0.15) is 12.4 Å². The molecule has 4 rings (SSSR count). The zero-order valence-electron chi connectivity index (χ0n) is 20.6. The van der Waals surface area contributed by atoms with Gasteiger partial charge >= 0.3 is 17.9 Å². The molecule has 0 radical (unpaired) electrons. The molecule has 1 saturated heterocycles. The predicted molar refractivity (Wildman–Crippen MR) is 118 cm³/mol. The third-order valence-electron chi connectivity index (χ3n) is 9.50. The van der Waals surface area contributed by atoms with Crippen LogP contribution in [0.15, 0.2) is 0 Å². The Hall–Kier alpha value is -1.92. The van der Waals surface area contributed by atoms with Gasteiger partial charge in [-0.2, -0.15) is 0 Å². The summed E-state index contributed by atoms with van der Waals surface area (Å²) in [6, 6.07) is 0. The van der Waals surface area contributed by atoms with E-state index in [-0.39, 0.29) is 35.1 Å². The summed E-state index contributed by atoms with van der Waals surface area (Å²) in [5.41, 5.74) is -1.23. The Bertz CT molecular complexity index is 834. The fourth-order valence-corrected chi connectivity index (χ4v) is 8.32. The molecule has 4 aliphatic rings. The first-order valence-electron chi connectivity index (χ1n) is 12.5. The van der Waals surface area contributed by atoms with Crippen molar-refractivity contribution in [2.45, 2.75) is 98.4 Å². The van der Waals surface area contributed by atoms with Crippen LogP contribution in [0.5, 0.6) is 0 Å². The minimum atomic E-state index is -1.13. The molecule has 3 saturated carbocycles. The van der Waals surface area contributed by atoms with Crippen LogP contribution >= 0.6 is 0 Å². The predicted octanol–water partition coefficient (Wildman–Crippen LogP) is 4.21. The molecule has 1 aliphatic heterocycles. The summed E-state index contributed by atoms with van der Waals surface area (Å²) in [6.45, 7) is 10.0. The van der Waals surface area contributed by atoms with Crippen molar-refractivity contribution in [3.05, 3.63) is 0 Å². The zero-order valence-corrected chi connectivity index (χ0v) is 20.6. The highest BCUT2D eigenvalue weighted by Gasteiger charge is 2.73. The molecule has 1 heterocycles. The molecule has 0 amide bonds. The van der Waals surface area contributed by atoms with E-state index in [0.717, 1.165) is 25.5 Å². The Morgan fingerprint density at radius 3 is 2.48 bits per heavy atom. The number of hydrogen-bond acceptors (Lipinski definition) is 7. The number of esters is 3. The number of cyclic esters (lactones) is 1. The van der Waals surface area contributed by atoms with Gasteiger partial charge in [-0.05, 0) is 61.2 Å². The highest BCUT2D eigenvalue weighted by Crippen LogP contribution is 2.70. The van der Waals surface area contributed by atoms with Gasteiger partial charge in [0.05, 0.1) is 17.3 Å². The molecule has 0 N–H and O–H groups in total. The summed E-state index contributed by atoms with van der Waals surface area (Å²) in [5.74, 6) is -2.31. The molecule has 7 nitrogen and oxygen atoms in total. The van der Waals surface area contributed by atoms with Crippen molar-refractivity contribution >= 4 is 24.2 Å². The summed E-state index contributed by atoms with van der Waals surface area (Å²) in [7, 11) is 0. The Labute approximate surface area is 196 Å². The highest BCUT2D eigenvalue weighted by molar-refractivity contribution is 5.79. The third kappa shape index (κ3) is 3.61. The largest absolute Gasteiger partial charge is 0.461 e. The Morgan fingerprint density at radius 2 is 1.85 bits per heavy atom. The molecule has 3 aliphatic carbocycles. The summed E-state index contributed by atoms with van der Waals surface area (Å²) < 4.78 is 17.1. The van der Waals surface area contributed by atoms with Gasteiger partial charge in [-0.1, -0.05) is 34.1 Å². The van der Waals surface area contributed by atoms with Crippen molar-refractivity contribution in [1.82, 2.24) is 0 Å². The summed E-state index contributed by atoms with van der Waals surface area (Å²) in [4.78, 5) is 50.6. The number of hydrogen-bond donors (Lipinski definition) is 0. The normalized spacial score (nSPS) is 43.4.